The van der Waals surface area contributed by atoms with Gasteiger partial charge >= 0.3 is 0 Å². The molecule has 1 aromatic carbocycles. The standard InChI is InChI=1S/C14H23NO3/c1-10(2)18-14-6-4-12(5-7-14)11(3)15-13(8-16)9-17/h4-7,10-11,13,15-17H,8-9H2,1-3H3. The van der Waals surface area contributed by atoms with E-state index < -0.39 is 0 Å². The zero-order valence-electron chi connectivity index (χ0n) is 11.3. The lowest BCUT2D eigenvalue weighted by Crippen LogP contribution is -2.37. The van der Waals surface area contributed by atoms with Crippen LogP contribution in [0.25, 0.3) is 0 Å². The van der Waals surface area contributed by atoms with Crippen LogP contribution < -0.4 is 10.1 Å². The van der Waals surface area contributed by atoms with E-state index in [9.17, 15) is 0 Å². The highest BCUT2D eigenvalue weighted by atomic mass is 16.5. The highest BCUT2D eigenvalue weighted by Crippen LogP contribution is 2.18. The summed E-state index contributed by atoms with van der Waals surface area (Å²) in [6.45, 7) is 5.83. The monoisotopic (exact) mass is 253 g/mol. The molecule has 0 aromatic heterocycles. The fraction of sp³-hybridized carbons (Fsp3) is 0.571. The highest BCUT2D eigenvalue weighted by molar-refractivity contribution is 5.29. The Labute approximate surface area is 109 Å². The Morgan fingerprint density at radius 1 is 1.06 bits per heavy atom. The van der Waals surface area contributed by atoms with Crippen molar-refractivity contribution in [2.75, 3.05) is 13.2 Å². The van der Waals surface area contributed by atoms with E-state index in [1.165, 1.54) is 0 Å². The molecule has 0 aliphatic heterocycles. The third-order valence-corrected chi connectivity index (χ3v) is 2.68. The average Bonchev–Trinajstić information content (AvgIpc) is 2.35. The molecular formula is C14H23NO3. The van der Waals surface area contributed by atoms with E-state index in [-0.39, 0.29) is 31.4 Å². The summed E-state index contributed by atoms with van der Waals surface area (Å²) < 4.78 is 5.57. The molecule has 1 atom stereocenters. The molecule has 0 saturated carbocycles. The maximum absolute atomic E-state index is 9.02. The number of rotatable bonds is 7. The molecule has 18 heavy (non-hydrogen) atoms. The normalized spacial score (nSPS) is 13.1. The van der Waals surface area contributed by atoms with Crippen LogP contribution in [0.15, 0.2) is 24.3 Å². The zero-order valence-corrected chi connectivity index (χ0v) is 11.3. The van der Waals surface area contributed by atoms with Gasteiger partial charge in [-0.05, 0) is 38.5 Å². The van der Waals surface area contributed by atoms with Gasteiger partial charge in [-0.3, -0.25) is 0 Å². The maximum atomic E-state index is 9.02. The molecule has 1 rings (SSSR count). The largest absolute Gasteiger partial charge is 0.491 e. The Morgan fingerprint density at radius 3 is 2.06 bits per heavy atom. The van der Waals surface area contributed by atoms with Crippen LogP contribution in [-0.2, 0) is 0 Å². The van der Waals surface area contributed by atoms with Crippen LogP contribution in [0.1, 0.15) is 32.4 Å². The van der Waals surface area contributed by atoms with Gasteiger partial charge in [0.15, 0.2) is 0 Å². The molecule has 0 fully saturated rings. The lowest BCUT2D eigenvalue weighted by Gasteiger charge is -2.20. The summed E-state index contributed by atoms with van der Waals surface area (Å²) >= 11 is 0. The zero-order chi connectivity index (χ0) is 13.5. The van der Waals surface area contributed by atoms with E-state index in [1.807, 2.05) is 45.0 Å². The van der Waals surface area contributed by atoms with Crippen molar-refractivity contribution in [1.29, 1.82) is 0 Å². The molecule has 3 N–H and O–H groups in total. The summed E-state index contributed by atoms with van der Waals surface area (Å²) in [6, 6.07) is 7.62. The number of aliphatic hydroxyl groups excluding tert-OH is 2. The minimum absolute atomic E-state index is 0.0717. The number of hydrogen-bond donors (Lipinski definition) is 3. The van der Waals surface area contributed by atoms with E-state index >= 15 is 0 Å². The molecule has 0 spiro atoms. The smallest absolute Gasteiger partial charge is 0.119 e. The van der Waals surface area contributed by atoms with Crippen LogP contribution in [0.5, 0.6) is 5.75 Å². The van der Waals surface area contributed by atoms with Crippen molar-refractivity contribution >= 4 is 0 Å². The predicted octanol–water partition coefficient (Wildman–Crippen LogP) is 1.48. The fourth-order valence-corrected chi connectivity index (χ4v) is 1.72. The van der Waals surface area contributed by atoms with Gasteiger partial charge in [-0.15, -0.1) is 0 Å². The van der Waals surface area contributed by atoms with Crippen LogP contribution in [0.4, 0.5) is 0 Å². The van der Waals surface area contributed by atoms with Gasteiger partial charge in [-0.25, -0.2) is 0 Å². The van der Waals surface area contributed by atoms with Gasteiger partial charge in [0.1, 0.15) is 5.75 Å². The topological polar surface area (TPSA) is 61.7 Å². The summed E-state index contributed by atoms with van der Waals surface area (Å²) in [7, 11) is 0. The molecule has 0 aliphatic rings. The Kier molecular flexibility index (Phi) is 6.12. The second-order valence-corrected chi connectivity index (χ2v) is 4.69. The van der Waals surface area contributed by atoms with Gasteiger partial charge in [0.2, 0.25) is 0 Å². The molecule has 0 saturated heterocycles. The molecule has 1 unspecified atom stereocenters. The first-order valence-electron chi connectivity index (χ1n) is 6.31. The lowest BCUT2D eigenvalue weighted by atomic mass is 10.1. The highest BCUT2D eigenvalue weighted by Gasteiger charge is 2.11. The number of nitrogens with one attached hydrogen (secondary N) is 1. The van der Waals surface area contributed by atoms with E-state index in [2.05, 4.69) is 5.32 Å². The molecule has 4 heteroatoms. The van der Waals surface area contributed by atoms with E-state index in [4.69, 9.17) is 14.9 Å². The van der Waals surface area contributed by atoms with Crippen molar-refractivity contribution in [3.05, 3.63) is 29.8 Å². The van der Waals surface area contributed by atoms with Crippen molar-refractivity contribution in [3.63, 3.8) is 0 Å². The predicted molar refractivity (Wildman–Crippen MR) is 71.7 cm³/mol. The molecule has 0 amide bonds. The Bertz CT molecular complexity index is 333. The van der Waals surface area contributed by atoms with Crippen molar-refractivity contribution in [2.45, 2.75) is 39.0 Å². The van der Waals surface area contributed by atoms with E-state index in [0.717, 1.165) is 11.3 Å². The third-order valence-electron chi connectivity index (χ3n) is 2.68. The SMILES string of the molecule is CC(C)Oc1ccc(C(C)NC(CO)CO)cc1. The summed E-state index contributed by atoms with van der Waals surface area (Å²) in [5.41, 5.74) is 1.10. The first kappa shape index (κ1) is 15.0. The molecule has 0 radical (unpaired) electrons. The summed E-state index contributed by atoms with van der Waals surface area (Å²) in [5, 5.41) is 21.2. The molecule has 0 heterocycles. The van der Waals surface area contributed by atoms with Gasteiger partial charge in [0.25, 0.3) is 0 Å². The lowest BCUT2D eigenvalue weighted by molar-refractivity contribution is 0.163. The molecule has 4 nitrogen and oxygen atoms in total. The fourth-order valence-electron chi connectivity index (χ4n) is 1.72. The molecule has 0 bridgehead atoms. The Morgan fingerprint density at radius 2 is 1.61 bits per heavy atom. The summed E-state index contributed by atoms with van der Waals surface area (Å²) in [5.74, 6) is 0.849. The maximum Gasteiger partial charge on any atom is 0.119 e. The number of hydrogen-bond acceptors (Lipinski definition) is 4. The molecule has 1 aromatic rings. The van der Waals surface area contributed by atoms with Crippen molar-refractivity contribution in [3.8, 4) is 5.75 Å². The second-order valence-electron chi connectivity index (χ2n) is 4.69. The van der Waals surface area contributed by atoms with Crippen LogP contribution >= 0.6 is 0 Å². The van der Waals surface area contributed by atoms with Gasteiger partial charge in [-0.1, -0.05) is 12.1 Å². The van der Waals surface area contributed by atoms with Gasteiger partial charge in [0, 0.05) is 6.04 Å². The second kappa shape index (κ2) is 7.36. The first-order chi connectivity index (χ1) is 8.56. The average molecular weight is 253 g/mol. The van der Waals surface area contributed by atoms with Crippen LogP contribution in [-0.4, -0.2) is 35.6 Å². The number of ether oxygens (including phenoxy) is 1. The molecular weight excluding hydrogens is 230 g/mol. The molecule has 102 valence electrons. The van der Waals surface area contributed by atoms with Gasteiger partial charge in [-0.2, -0.15) is 0 Å². The van der Waals surface area contributed by atoms with Crippen LogP contribution in [0.2, 0.25) is 0 Å². The van der Waals surface area contributed by atoms with Crippen LogP contribution in [0.3, 0.4) is 0 Å². The summed E-state index contributed by atoms with van der Waals surface area (Å²) in [4.78, 5) is 0. The summed E-state index contributed by atoms with van der Waals surface area (Å²) in [6.07, 6.45) is 0.166. The van der Waals surface area contributed by atoms with Crippen molar-refractivity contribution in [2.24, 2.45) is 0 Å². The Hall–Kier alpha value is -1.10. The first-order valence-corrected chi connectivity index (χ1v) is 6.31. The van der Waals surface area contributed by atoms with Crippen LogP contribution in [0, 0.1) is 0 Å². The number of benzene rings is 1. The third kappa shape index (κ3) is 4.64. The number of aliphatic hydroxyl groups is 2. The quantitative estimate of drug-likeness (QED) is 0.689. The molecule has 0 aliphatic carbocycles. The van der Waals surface area contributed by atoms with Crippen molar-refractivity contribution < 1.29 is 14.9 Å². The Balaban J connectivity index is 2.61. The minimum Gasteiger partial charge on any atom is -0.491 e. The minimum atomic E-state index is -0.286. The van der Waals surface area contributed by atoms with Crippen molar-refractivity contribution in [1.82, 2.24) is 5.32 Å². The van der Waals surface area contributed by atoms with Gasteiger partial charge in [0.05, 0.1) is 25.4 Å². The van der Waals surface area contributed by atoms with Gasteiger partial charge < -0.3 is 20.3 Å². The van der Waals surface area contributed by atoms with E-state index in [0.29, 0.717) is 0 Å². The van der Waals surface area contributed by atoms with E-state index in [1.54, 1.807) is 0 Å².